The molecule has 1 amide bonds. The number of hydrogen-bond donors (Lipinski definition) is 1. The normalized spacial score (nSPS) is 11.1. The van der Waals surface area contributed by atoms with E-state index in [-0.39, 0.29) is 12.5 Å². The van der Waals surface area contributed by atoms with Gasteiger partial charge >= 0.3 is 0 Å². The average Bonchev–Trinajstić information content (AvgIpc) is 3.24. The molecule has 0 spiro atoms. The van der Waals surface area contributed by atoms with Gasteiger partial charge in [-0.3, -0.25) is 4.79 Å². The van der Waals surface area contributed by atoms with Gasteiger partial charge in [0.25, 0.3) is 5.22 Å². The topological polar surface area (TPSA) is 85.8 Å². The van der Waals surface area contributed by atoms with Gasteiger partial charge < -0.3 is 9.73 Å². The fourth-order valence-corrected chi connectivity index (χ4v) is 3.75. The Morgan fingerprint density at radius 1 is 1.18 bits per heavy atom. The van der Waals surface area contributed by atoms with Crippen molar-refractivity contribution in [1.82, 2.24) is 20.0 Å². The van der Waals surface area contributed by atoms with Gasteiger partial charge in [-0.05, 0) is 30.3 Å². The number of anilines is 1. The summed E-state index contributed by atoms with van der Waals surface area (Å²) in [7, 11) is 0. The highest BCUT2D eigenvalue weighted by atomic mass is 35.5. The minimum absolute atomic E-state index is 0.0185. The molecule has 0 unspecified atom stereocenters. The van der Waals surface area contributed by atoms with Gasteiger partial charge in [0.05, 0.1) is 5.69 Å². The van der Waals surface area contributed by atoms with Crippen molar-refractivity contribution in [2.45, 2.75) is 17.5 Å². The van der Waals surface area contributed by atoms with Gasteiger partial charge in [0, 0.05) is 27.7 Å². The van der Waals surface area contributed by atoms with Gasteiger partial charge in [-0.2, -0.15) is 0 Å². The van der Waals surface area contributed by atoms with Crippen molar-refractivity contribution in [2.24, 2.45) is 0 Å². The minimum atomic E-state index is -0.263. The molecule has 2 heterocycles. The summed E-state index contributed by atoms with van der Waals surface area (Å²) >= 11 is 13.3. The zero-order chi connectivity index (χ0) is 19.5. The number of carbonyl (C=O) groups excluding carboxylic acids is 1. The number of rotatable bonds is 6. The predicted molar refractivity (Wildman–Crippen MR) is 109 cm³/mol. The molecule has 0 aliphatic rings. The molecule has 0 saturated carbocycles. The number of aromatic nitrogens is 4. The van der Waals surface area contributed by atoms with Crippen LogP contribution in [-0.2, 0) is 17.1 Å². The molecule has 0 radical (unpaired) electrons. The number of halogens is 2. The lowest BCUT2D eigenvalue weighted by atomic mass is 10.3. The first-order chi connectivity index (χ1) is 13.5. The number of oxazole rings is 1. The second-order valence-corrected chi connectivity index (χ2v) is 7.65. The van der Waals surface area contributed by atoms with Crippen LogP contribution >= 0.6 is 35.0 Å². The van der Waals surface area contributed by atoms with E-state index < -0.39 is 0 Å². The highest BCUT2D eigenvalue weighted by Crippen LogP contribution is 2.25. The quantitative estimate of drug-likeness (QED) is 0.445. The van der Waals surface area contributed by atoms with E-state index in [9.17, 15) is 4.79 Å². The first-order valence-electron chi connectivity index (χ1n) is 8.18. The molecule has 0 saturated heterocycles. The van der Waals surface area contributed by atoms with E-state index in [4.69, 9.17) is 27.6 Å². The summed E-state index contributed by atoms with van der Waals surface area (Å²) < 4.78 is 7.12. The molecular formula is C18H13Cl2N5O2S. The lowest BCUT2D eigenvalue weighted by Gasteiger charge is -2.06. The molecule has 0 fully saturated rings. The van der Waals surface area contributed by atoms with Crippen LogP contribution in [0.4, 0.5) is 5.69 Å². The third-order valence-corrected chi connectivity index (χ3v) is 4.95. The second kappa shape index (κ2) is 8.22. The van der Waals surface area contributed by atoms with E-state index in [1.54, 1.807) is 24.4 Å². The number of amides is 1. The van der Waals surface area contributed by atoms with Crippen molar-refractivity contribution in [1.29, 1.82) is 0 Å². The first-order valence-corrected chi connectivity index (χ1v) is 9.93. The van der Waals surface area contributed by atoms with Crippen LogP contribution in [0.3, 0.4) is 0 Å². The summed E-state index contributed by atoms with van der Waals surface area (Å²) in [5.74, 6) is 0.264. The third-order valence-electron chi connectivity index (χ3n) is 3.66. The van der Waals surface area contributed by atoms with Gasteiger partial charge in [0.2, 0.25) is 5.91 Å². The molecule has 28 heavy (non-hydrogen) atoms. The van der Waals surface area contributed by atoms with E-state index in [0.717, 1.165) is 11.1 Å². The van der Waals surface area contributed by atoms with Crippen LogP contribution in [0.25, 0.3) is 11.1 Å². The molecule has 0 aliphatic heterocycles. The Morgan fingerprint density at radius 2 is 1.96 bits per heavy atom. The molecule has 142 valence electrons. The Hall–Kier alpha value is -2.55. The molecule has 4 rings (SSSR count). The zero-order valence-electron chi connectivity index (χ0n) is 14.3. The monoisotopic (exact) mass is 433 g/mol. The van der Waals surface area contributed by atoms with E-state index in [2.05, 4.69) is 20.6 Å². The van der Waals surface area contributed by atoms with Gasteiger partial charge in [0.15, 0.2) is 5.58 Å². The Morgan fingerprint density at radius 3 is 2.75 bits per heavy atom. The molecule has 2 aromatic carbocycles. The number of carbonyl (C=O) groups is 1. The molecule has 4 aromatic rings. The van der Waals surface area contributed by atoms with Crippen molar-refractivity contribution in [3.8, 4) is 0 Å². The summed E-state index contributed by atoms with van der Waals surface area (Å²) in [6, 6.07) is 12.4. The van der Waals surface area contributed by atoms with E-state index >= 15 is 0 Å². The lowest BCUT2D eigenvalue weighted by Crippen LogP contribution is -2.19. The van der Waals surface area contributed by atoms with Crippen LogP contribution in [0.1, 0.15) is 5.69 Å². The molecule has 0 bridgehead atoms. The fourth-order valence-electron chi connectivity index (χ4n) is 2.50. The molecule has 10 heteroatoms. The summed E-state index contributed by atoms with van der Waals surface area (Å²) in [6.45, 7) is 0.0185. The number of thioether (sulfide) groups is 1. The van der Waals surface area contributed by atoms with Gasteiger partial charge in [-0.25, -0.2) is 9.67 Å². The molecule has 7 nitrogen and oxygen atoms in total. The predicted octanol–water partition coefficient (Wildman–Crippen LogP) is 4.66. The number of fused-ring (bicyclic) bond motifs is 1. The highest BCUT2D eigenvalue weighted by Gasteiger charge is 2.10. The van der Waals surface area contributed by atoms with Crippen molar-refractivity contribution >= 4 is 57.7 Å². The van der Waals surface area contributed by atoms with Crippen LogP contribution in [0, 0.1) is 0 Å². The maximum Gasteiger partial charge on any atom is 0.257 e. The van der Waals surface area contributed by atoms with Crippen LogP contribution in [0.5, 0.6) is 0 Å². The largest absolute Gasteiger partial charge is 0.431 e. The lowest BCUT2D eigenvalue weighted by molar-refractivity contribution is -0.116. The van der Waals surface area contributed by atoms with E-state index in [1.807, 2.05) is 24.3 Å². The molecule has 0 atom stereocenters. The second-order valence-electron chi connectivity index (χ2n) is 5.85. The Balaban J connectivity index is 1.34. The fraction of sp³-hybridized carbons (Fsp3) is 0.111. The summed E-state index contributed by atoms with van der Waals surface area (Å²) in [4.78, 5) is 16.6. The van der Waals surface area contributed by atoms with Crippen molar-refractivity contribution in [3.05, 3.63) is 64.4 Å². The van der Waals surface area contributed by atoms with E-state index in [1.165, 1.54) is 16.4 Å². The van der Waals surface area contributed by atoms with Gasteiger partial charge in [0.1, 0.15) is 12.1 Å². The summed E-state index contributed by atoms with van der Waals surface area (Å²) in [5.41, 5.74) is 2.79. The van der Waals surface area contributed by atoms with Crippen molar-refractivity contribution in [2.75, 3.05) is 5.32 Å². The first kappa shape index (κ1) is 18.8. The van der Waals surface area contributed by atoms with E-state index in [0.29, 0.717) is 32.4 Å². The van der Waals surface area contributed by atoms with Crippen LogP contribution in [0.15, 0.2) is 58.3 Å². The Kier molecular flexibility index (Phi) is 5.52. The minimum Gasteiger partial charge on any atom is -0.431 e. The smallest absolute Gasteiger partial charge is 0.257 e. The Bertz CT molecular complexity index is 1090. The van der Waals surface area contributed by atoms with Crippen LogP contribution < -0.4 is 5.32 Å². The number of nitrogens with zero attached hydrogens (tertiary/aromatic N) is 4. The molecule has 0 aliphatic carbocycles. The van der Waals surface area contributed by atoms with Gasteiger partial charge in [-0.15, -0.1) is 5.10 Å². The van der Waals surface area contributed by atoms with Crippen LogP contribution in [0.2, 0.25) is 10.0 Å². The summed E-state index contributed by atoms with van der Waals surface area (Å²) in [6.07, 6.45) is 1.71. The highest BCUT2D eigenvalue weighted by molar-refractivity contribution is 7.98. The number of hydrogen-bond acceptors (Lipinski definition) is 6. The number of nitrogens with one attached hydrogen (secondary N) is 1. The number of para-hydroxylation sites is 2. The van der Waals surface area contributed by atoms with Gasteiger partial charge in [-0.1, -0.05) is 52.3 Å². The SMILES string of the molecule is O=C(Cn1cc(CSc2nc3ccccc3o2)nn1)Nc1cc(Cl)cc(Cl)c1. The maximum absolute atomic E-state index is 12.2. The maximum atomic E-state index is 12.2. The third kappa shape index (κ3) is 4.64. The standard InChI is InChI=1S/C18H13Cl2N5O2S/c19-11-5-12(20)7-13(6-11)21-17(26)9-25-8-14(23-24-25)10-28-18-22-15-3-1-2-4-16(15)27-18/h1-8H,9-10H2,(H,21,26). The van der Waals surface area contributed by atoms with Crippen molar-refractivity contribution < 1.29 is 9.21 Å². The van der Waals surface area contributed by atoms with Crippen LogP contribution in [-0.4, -0.2) is 25.9 Å². The molecule has 1 N–H and O–H groups in total. The number of benzene rings is 2. The molecule has 2 aromatic heterocycles. The van der Waals surface area contributed by atoms with Crippen molar-refractivity contribution in [3.63, 3.8) is 0 Å². The average molecular weight is 434 g/mol. The zero-order valence-corrected chi connectivity index (χ0v) is 16.6. The Labute approximate surface area is 174 Å². The molecular weight excluding hydrogens is 421 g/mol. The summed E-state index contributed by atoms with van der Waals surface area (Å²) in [5, 5.41) is 12.2.